The van der Waals surface area contributed by atoms with E-state index in [1.54, 1.807) is 19.1 Å². The zero-order chi connectivity index (χ0) is 19.3. The number of carbonyl (C=O) groups is 2. The van der Waals surface area contributed by atoms with Gasteiger partial charge in [0, 0.05) is 6.42 Å². The van der Waals surface area contributed by atoms with E-state index in [2.05, 4.69) is 10.0 Å². The molecule has 1 aromatic heterocycles. The summed E-state index contributed by atoms with van der Waals surface area (Å²) in [4.78, 5) is 23.0. The zero-order valence-corrected chi connectivity index (χ0v) is 15.2. The number of amides is 1. The number of furan rings is 1. The van der Waals surface area contributed by atoms with E-state index in [4.69, 9.17) is 9.52 Å². The first kappa shape index (κ1) is 19.7. The highest BCUT2D eigenvalue weighted by Gasteiger charge is 2.14. The molecular weight excluding hydrogens is 360 g/mol. The number of carboxylic acids is 1. The molecular formula is C17H20N2O6S. The van der Waals surface area contributed by atoms with Gasteiger partial charge in [0.05, 0.1) is 11.4 Å². The number of sulfonamides is 1. The summed E-state index contributed by atoms with van der Waals surface area (Å²) in [6.07, 6.45) is 0.660. The van der Waals surface area contributed by atoms with E-state index in [0.29, 0.717) is 17.9 Å². The highest BCUT2D eigenvalue weighted by Crippen LogP contribution is 2.15. The van der Waals surface area contributed by atoms with E-state index in [1.165, 1.54) is 25.2 Å². The van der Waals surface area contributed by atoms with Crippen molar-refractivity contribution in [3.05, 3.63) is 53.0 Å². The summed E-state index contributed by atoms with van der Waals surface area (Å²) in [5.41, 5.74) is 0.906. The molecule has 0 spiro atoms. The van der Waals surface area contributed by atoms with Crippen molar-refractivity contribution < 1.29 is 27.5 Å². The van der Waals surface area contributed by atoms with Gasteiger partial charge in [-0.1, -0.05) is 12.1 Å². The molecule has 1 amide bonds. The number of rotatable bonds is 8. The molecule has 0 unspecified atom stereocenters. The van der Waals surface area contributed by atoms with E-state index in [1.807, 2.05) is 0 Å². The summed E-state index contributed by atoms with van der Waals surface area (Å²) in [6, 6.07) is 7.67. The molecule has 8 nitrogen and oxygen atoms in total. The number of benzene rings is 1. The fourth-order valence-corrected chi connectivity index (χ4v) is 3.06. The Hall–Kier alpha value is -2.65. The van der Waals surface area contributed by atoms with Crippen molar-refractivity contribution in [1.82, 2.24) is 10.0 Å². The second kappa shape index (κ2) is 8.15. The van der Waals surface area contributed by atoms with Crippen LogP contribution in [0.5, 0.6) is 0 Å². The fraction of sp³-hybridized carbons (Fsp3) is 0.294. The average Bonchev–Trinajstić information content (AvgIpc) is 2.99. The summed E-state index contributed by atoms with van der Waals surface area (Å²) >= 11 is 0. The van der Waals surface area contributed by atoms with E-state index in [0.717, 1.165) is 5.56 Å². The Labute approximate surface area is 151 Å². The van der Waals surface area contributed by atoms with Gasteiger partial charge in [-0.15, -0.1) is 0 Å². The molecule has 2 aromatic rings. The Bertz CT molecular complexity index is 900. The van der Waals surface area contributed by atoms with Gasteiger partial charge >= 0.3 is 5.97 Å². The molecule has 0 radical (unpaired) electrons. The molecule has 9 heteroatoms. The van der Waals surface area contributed by atoms with Crippen molar-refractivity contribution in [3.8, 4) is 0 Å². The van der Waals surface area contributed by atoms with Gasteiger partial charge in [0.2, 0.25) is 15.9 Å². The lowest BCUT2D eigenvalue weighted by atomic mass is 10.1. The van der Waals surface area contributed by atoms with Crippen molar-refractivity contribution in [2.75, 3.05) is 7.05 Å². The predicted octanol–water partition coefficient (Wildman–Crippen LogP) is 1.44. The first-order chi connectivity index (χ1) is 12.2. The van der Waals surface area contributed by atoms with Crippen molar-refractivity contribution >= 4 is 21.9 Å². The number of hydrogen-bond acceptors (Lipinski definition) is 5. The molecule has 140 valence electrons. The minimum absolute atomic E-state index is 0.0749. The van der Waals surface area contributed by atoms with Crippen LogP contribution in [0.2, 0.25) is 0 Å². The van der Waals surface area contributed by atoms with Crippen LogP contribution in [-0.4, -0.2) is 32.4 Å². The molecule has 0 aliphatic heterocycles. The van der Waals surface area contributed by atoms with E-state index >= 15 is 0 Å². The topological polar surface area (TPSA) is 126 Å². The van der Waals surface area contributed by atoms with Crippen LogP contribution < -0.4 is 10.0 Å². The van der Waals surface area contributed by atoms with Gasteiger partial charge in [-0.05, 0) is 44.2 Å². The largest absolute Gasteiger partial charge is 0.478 e. The number of aryl methyl sites for hydroxylation is 2. The minimum Gasteiger partial charge on any atom is -0.478 e. The molecule has 1 heterocycles. The van der Waals surface area contributed by atoms with Gasteiger partial charge in [0.25, 0.3) is 0 Å². The normalized spacial score (nSPS) is 11.3. The summed E-state index contributed by atoms with van der Waals surface area (Å²) in [7, 11) is -2.13. The molecule has 0 fully saturated rings. The quantitative estimate of drug-likeness (QED) is 0.636. The molecule has 2 rings (SSSR count). The number of carboxylic acid groups (broad SMARTS) is 1. The smallest absolute Gasteiger partial charge is 0.339 e. The van der Waals surface area contributed by atoms with Crippen LogP contribution in [0, 0.1) is 6.92 Å². The SMILES string of the molecule is CNS(=O)(=O)c1ccc(CCC(=O)NCc2cc(C(=O)O)c(C)o2)cc1. The van der Waals surface area contributed by atoms with Crippen LogP contribution in [0.3, 0.4) is 0 Å². The Morgan fingerprint density at radius 3 is 2.38 bits per heavy atom. The van der Waals surface area contributed by atoms with Gasteiger partial charge in [-0.25, -0.2) is 17.9 Å². The molecule has 0 aliphatic rings. The van der Waals surface area contributed by atoms with Crippen LogP contribution in [-0.2, 0) is 27.8 Å². The van der Waals surface area contributed by atoms with Gasteiger partial charge < -0.3 is 14.8 Å². The molecule has 3 N–H and O–H groups in total. The average molecular weight is 380 g/mol. The van der Waals surface area contributed by atoms with Gasteiger partial charge in [-0.2, -0.15) is 0 Å². The van der Waals surface area contributed by atoms with Gasteiger partial charge in [0.15, 0.2) is 0 Å². The lowest BCUT2D eigenvalue weighted by Gasteiger charge is -2.06. The van der Waals surface area contributed by atoms with Crippen LogP contribution >= 0.6 is 0 Å². The number of carbonyl (C=O) groups excluding carboxylic acids is 1. The molecule has 0 saturated heterocycles. The van der Waals surface area contributed by atoms with E-state index < -0.39 is 16.0 Å². The van der Waals surface area contributed by atoms with Crippen molar-refractivity contribution in [1.29, 1.82) is 0 Å². The summed E-state index contributed by atoms with van der Waals surface area (Å²) in [5.74, 6) is -0.636. The molecule has 0 saturated carbocycles. The monoisotopic (exact) mass is 380 g/mol. The summed E-state index contributed by atoms with van der Waals surface area (Å²) in [6.45, 7) is 1.65. The lowest BCUT2D eigenvalue weighted by Crippen LogP contribution is -2.22. The highest BCUT2D eigenvalue weighted by atomic mass is 32.2. The molecule has 1 aromatic carbocycles. The van der Waals surface area contributed by atoms with Crippen LogP contribution in [0.25, 0.3) is 0 Å². The van der Waals surface area contributed by atoms with Crippen molar-refractivity contribution in [2.24, 2.45) is 0 Å². The van der Waals surface area contributed by atoms with Crippen LogP contribution in [0.4, 0.5) is 0 Å². The molecule has 0 aliphatic carbocycles. The van der Waals surface area contributed by atoms with Crippen LogP contribution in [0.1, 0.15) is 33.9 Å². The highest BCUT2D eigenvalue weighted by molar-refractivity contribution is 7.89. The van der Waals surface area contributed by atoms with E-state index in [-0.39, 0.29) is 29.3 Å². The Morgan fingerprint density at radius 1 is 1.19 bits per heavy atom. The summed E-state index contributed by atoms with van der Waals surface area (Å²) < 4.78 is 30.8. The maximum atomic E-state index is 11.9. The van der Waals surface area contributed by atoms with Crippen molar-refractivity contribution in [2.45, 2.75) is 31.2 Å². The van der Waals surface area contributed by atoms with Crippen LogP contribution in [0.15, 0.2) is 39.6 Å². The number of aromatic carboxylic acids is 1. The van der Waals surface area contributed by atoms with Crippen molar-refractivity contribution in [3.63, 3.8) is 0 Å². The fourth-order valence-electron chi connectivity index (χ4n) is 2.33. The summed E-state index contributed by atoms with van der Waals surface area (Å²) in [5, 5.41) is 11.6. The molecule has 0 bridgehead atoms. The molecule has 0 atom stereocenters. The number of nitrogens with one attached hydrogen (secondary N) is 2. The second-order valence-electron chi connectivity index (χ2n) is 5.62. The predicted molar refractivity (Wildman–Crippen MR) is 93.3 cm³/mol. The maximum absolute atomic E-state index is 11.9. The Morgan fingerprint density at radius 2 is 1.85 bits per heavy atom. The first-order valence-electron chi connectivity index (χ1n) is 7.84. The standard InChI is InChI=1S/C17H20N2O6S/c1-11-15(17(21)22)9-13(25-11)10-19-16(20)8-5-12-3-6-14(7-4-12)26(23,24)18-2/h3-4,6-7,9,18H,5,8,10H2,1-2H3,(H,19,20)(H,21,22). The lowest BCUT2D eigenvalue weighted by molar-refractivity contribution is -0.121. The third-order valence-corrected chi connectivity index (χ3v) is 5.23. The number of hydrogen-bond donors (Lipinski definition) is 3. The first-order valence-corrected chi connectivity index (χ1v) is 9.33. The minimum atomic E-state index is -3.47. The molecule has 26 heavy (non-hydrogen) atoms. The zero-order valence-electron chi connectivity index (χ0n) is 14.4. The van der Waals surface area contributed by atoms with Gasteiger partial charge in [0.1, 0.15) is 17.1 Å². The Balaban J connectivity index is 1.85. The Kier molecular flexibility index (Phi) is 6.17. The third-order valence-electron chi connectivity index (χ3n) is 3.80. The second-order valence-corrected chi connectivity index (χ2v) is 7.50. The van der Waals surface area contributed by atoms with E-state index in [9.17, 15) is 18.0 Å². The third kappa shape index (κ3) is 4.93. The maximum Gasteiger partial charge on any atom is 0.339 e. The van der Waals surface area contributed by atoms with Gasteiger partial charge in [-0.3, -0.25) is 4.79 Å².